The summed E-state index contributed by atoms with van der Waals surface area (Å²) < 4.78 is 17.8. The van der Waals surface area contributed by atoms with E-state index in [1.54, 1.807) is 43.5 Å². The van der Waals surface area contributed by atoms with Crippen LogP contribution in [0.1, 0.15) is 34.2 Å². The predicted octanol–water partition coefficient (Wildman–Crippen LogP) is 3.81. The molecule has 0 spiro atoms. The number of aryl methyl sites for hydroxylation is 1. The van der Waals surface area contributed by atoms with E-state index in [1.165, 1.54) is 7.11 Å². The lowest BCUT2D eigenvalue weighted by Gasteiger charge is -2.11. The van der Waals surface area contributed by atoms with Gasteiger partial charge in [-0.1, -0.05) is 18.2 Å². The van der Waals surface area contributed by atoms with Crippen LogP contribution in [0, 0.1) is 13.8 Å². The van der Waals surface area contributed by atoms with Gasteiger partial charge in [-0.25, -0.2) is 10.2 Å². The zero-order valence-electron chi connectivity index (χ0n) is 19.1. The van der Waals surface area contributed by atoms with E-state index < -0.39 is 5.91 Å². The third-order valence-electron chi connectivity index (χ3n) is 4.91. The van der Waals surface area contributed by atoms with Crippen molar-refractivity contribution in [3.8, 4) is 17.2 Å². The van der Waals surface area contributed by atoms with Crippen LogP contribution in [0.2, 0.25) is 0 Å². The normalized spacial score (nSPS) is 10.8. The van der Waals surface area contributed by atoms with Crippen molar-refractivity contribution in [1.82, 2.24) is 9.99 Å². The van der Waals surface area contributed by atoms with Crippen LogP contribution in [0.25, 0.3) is 5.69 Å². The van der Waals surface area contributed by atoms with Gasteiger partial charge in [-0.15, -0.1) is 0 Å². The third-order valence-corrected chi connectivity index (χ3v) is 4.91. The summed E-state index contributed by atoms with van der Waals surface area (Å²) in [4.78, 5) is 24.2. The SMILES string of the molecule is CCOC(=O)c1cccc(-n2c(C)cc(/C=N/NC(=O)COc3ccccc3OC)c2C)c1. The van der Waals surface area contributed by atoms with Crippen molar-refractivity contribution in [3.63, 3.8) is 0 Å². The highest BCUT2D eigenvalue weighted by Gasteiger charge is 2.13. The van der Waals surface area contributed by atoms with Gasteiger partial charge < -0.3 is 18.8 Å². The number of nitrogens with zero attached hydrogens (tertiary/aromatic N) is 2. The van der Waals surface area contributed by atoms with Gasteiger partial charge in [-0.05, 0) is 57.2 Å². The van der Waals surface area contributed by atoms with Crippen molar-refractivity contribution in [2.24, 2.45) is 5.10 Å². The summed E-state index contributed by atoms with van der Waals surface area (Å²) in [5.74, 6) is 0.274. The van der Waals surface area contributed by atoms with E-state index in [9.17, 15) is 9.59 Å². The van der Waals surface area contributed by atoms with Crippen molar-refractivity contribution in [2.75, 3.05) is 20.3 Å². The van der Waals surface area contributed by atoms with E-state index >= 15 is 0 Å². The van der Waals surface area contributed by atoms with Crippen molar-refractivity contribution < 1.29 is 23.8 Å². The molecule has 1 N–H and O–H groups in total. The van der Waals surface area contributed by atoms with Gasteiger partial charge in [0, 0.05) is 22.6 Å². The fourth-order valence-corrected chi connectivity index (χ4v) is 3.39. The minimum absolute atomic E-state index is 0.197. The summed E-state index contributed by atoms with van der Waals surface area (Å²) in [7, 11) is 1.54. The number of ether oxygens (including phenoxy) is 3. The van der Waals surface area contributed by atoms with Crippen LogP contribution in [0.5, 0.6) is 11.5 Å². The van der Waals surface area contributed by atoms with E-state index in [0.29, 0.717) is 23.7 Å². The maximum absolute atomic E-state index is 12.1. The molecule has 0 bridgehead atoms. The highest BCUT2D eigenvalue weighted by Crippen LogP contribution is 2.25. The molecule has 0 fully saturated rings. The standard InChI is InChI=1S/C25H27N3O5/c1-5-32-25(30)19-9-8-10-21(14-19)28-17(2)13-20(18(28)3)15-26-27-24(29)16-33-23-12-7-6-11-22(23)31-4/h6-15H,5,16H2,1-4H3,(H,27,29)/b26-15+. The molecule has 0 atom stereocenters. The minimum Gasteiger partial charge on any atom is -0.493 e. The molecule has 0 aliphatic rings. The highest BCUT2D eigenvalue weighted by molar-refractivity contribution is 5.90. The van der Waals surface area contributed by atoms with Crippen molar-refractivity contribution in [3.05, 3.63) is 77.1 Å². The van der Waals surface area contributed by atoms with Crippen LogP contribution in [0.4, 0.5) is 0 Å². The molecular weight excluding hydrogens is 422 g/mol. The molecule has 0 aliphatic carbocycles. The number of hydrazone groups is 1. The lowest BCUT2D eigenvalue weighted by molar-refractivity contribution is -0.123. The number of hydrogen-bond donors (Lipinski definition) is 1. The zero-order chi connectivity index (χ0) is 23.8. The number of carbonyl (C=O) groups is 2. The second-order valence-electron chi connectivity index (χ2n) is 7.17. The number of nitrogens with one attached hydrogen (secondary N) is 1. The van der Waals surface area contributed by atoms with E-state index in [1.807, 2.05) is 42.7 Å². The smallest absolute Gasteiger partial charge is 0.338 e. The van der Waals surface area contributed by atoms with Crippen LogP contribution >= 0.6 is 0 Å². The molecule has 8 nitrogen and oxygen atoms in total. The van der Waals surface area contributed by atoms with E-state index in [4.69, 9.17) is 14.2 Å². The molecule has 3 aromatic rings. The maximum Gasteiger partial charge on any atom is 0.338 e. The van der Waals surface area contributed by atoms with E-state index in [2.05, 4.69) is 10.5 Å². The number of aromatic nitrogens is 1. The van der Waals surface area contributed by atoms with Gasteiger partial charge in [0.1, 0.15) is 0 Å². The number of para-hydroxylation sites is 2. The van der Waals surface area contributed by atoms with Crippen LogP contribution in [-0.2, 0) is 9.53 Å². The van der Waals surface area contributed by atoms with E-state index in [-0.39, 0.29) is 12.6 Å². The highest BCUT2D eigenvalue weighted by atomic mass is 16.5. The van der Waals surface area contributed by atoms with Crippen LogP contribution < -0.4 is 14.9 Å². The first kappa shape index (κ1) is 23.6. The quantitative estimate of drug-likeness (QED) is 0.305. The summed E-state index contributed by atoms with van der Waals surface area (Å²) in [5, 5.41) is 4.05. The topological polar surface area (TPSA) is 91.2 Å². The lowest BCUT2D eigenvalue weighted by Crippen LogP contribution is -2.24. The molecular formula is C25H27N3O5. The van der Waals surface area contributed by atoms with Gasteiger partial charge in [-0.2, -0.15) is 5.10 Å². The predicted molar refractivity (Wildman–Crippen MR) is 125 cm³/mol. The summed E-state index contributed by atoms with van der Waals surface area (Å²) in [6.45, 7) is 5.80. The number of benzene rings is 2. The molecule has 172 valence electrons. The van der Waals surface area contributed by atoms with Gasteiger partial charge in [0.25, 0.3) is 5.91 Å². The molecule has 1 amide bonds. The molecule has 1 heterocycles. The average molecular weight is 450 g/mol. The Balaban J connectivity index is 1.67. The first-order valence-electron chi connectivity index (χ1n) is 10.5. The Hall–Kier alpha value is -4.07. The molecule has 0 saturated carbocycles. The number of methoxy groups -OCH3 is 1. The molecule has 3 rings (SSSR count). The van der Waals surface area contributed by atoms with Gasteiger partial charge in [-0.3, -0.25) is 4.79 Å². The van der Waals surface area contributed by atoms with Gasteiger partial charge >= 0.3 is 5.97 Å². The Kier molecular flexibility index (Phi) is 7.86. The molecule has 0 unspecified atom stereocenters. The second-order valence-corrected chi connectivity index (χ2v) is 7.17. The average Bonchev–Trinajstić information content (AvgIpc) is 3.10. The van der Waals surface area contributed by atoms with Crippen molar-refractivity contribution in [1.29, 1.82) is 0 Å². The van der Waals surface area contributed by atoms with Crippen molar-refractivity contribution >= 4 is 18.1 Å². The monoisotopic (exact) mass is 449 g/mol. The number of rotatable bonds is 9. The van der Waals surface area contributed by atoms with Gasteiger partial charge in [0.05, 0.1) is 25.5 Å². The number of amides is 1. The zero-order valence-corrected chi connectivity index (χ0v) is 19.1. The lowest BCUT2D eigenvalue weighted by atomic mass is 10.2. The number of hydrogen-bond acceptors (Lipinski definition) is 6. The Morgan fingerprint density at radius 3 is 2.55 bits per heavy atom. The summed E-state index contributed by atoms with van der Waals surface area (Å²) in [5.41, 5.74) is 6.50. The molecule has 2 aromatic carbocycles. The Bertz CT molecular complexity index is 1170. The molecule has 1 aromatic heterocycles. The third kappa shape index (κ3) is 5.79. The largest absolute Gasteiger partial charge is 0.493 e. The van der Waals surface area contributed by atoms with Crippen LogP contribution in [-0.4, -0.2) is 43.0 Å². The first-order valence-corrected chi connectivity index (χ1v) is 10.5. The van der Waals surface area contributed by atoms with Gasteiger partial charge in [0.15, 0.2) is 18.1 Å². The fourth-order valence-electron chi connectivity index (χ4n) is 3.39. The molecule has 0 radical (unpaired) electrons. The molecule has 0 aliphatic heterocycles. The Labute approximate surface area is 192 Å². The molecule has 33 heavy (non-hydrogen) atoms. The maximum atomic E-state index is 12.1. The fraction of sp³-hybridized carbons (Fsp3) is 0.240. The first-order chi connectivity index (χ1) is 15.9. The van der Waals surface area contributed by atoms with Crippen LogP contribution in [0.3, 0.4) is 0 Å². The summed E-state index contributed by atoms with van der Waals surface area (Å²) in [6.07, 6.45) is 1.58. The van der Waals surface area contributed by atoms with Crippen LogP contribution in [0.15, 0.2) is 59.7 Å². The Morgan fingerprint density at radius 1 is 1.06 bits per heavy atom. The number of esters is 1. The van der Waals surface area contributed by atoms with E-state index in [0.717, 1.165) is 22.6 Å². The molecule has 0 saturated heterocycles. The Morgan fingerprint density at radius 2 is 1.82 bits per heavy atom. The van der Waals surface area contributed by atoms with Gasteiger partial charge in [0.2, 0.25) is 0 Å². The summed E-state index contributed by atoms with van der Waals surface area (Å²) >= 11 is 0. The number of carbonyl (C=O) groups excluding carboxylic acids is 2. The second kappa shape index (κ2) is 11.0. The minimum atomic E-state index is -0.395. The summed E-state index contributed by atoms with van der Waals surface area (Å²) in [6, 6.07) is 16.3. The molecule has 8 heteroatoms. The van der Waals surface area contributed by atoms with Crippen molar-refractivity contribution in [2.45, 2.75) is 20.8 Å².